The highest BCUT2D eigenvalue weighted by Gasteiger charge is 2.05. The second kappa shape index (κ2) is 7.63. The van der Waals surface area contributed by atoms with E-state index in [0.29, 0.717) is 0 Å². The molecule has 3 heteroatoms. The smallest absolute Gasteiger partial charge is 0.328 e. The Morgan fingerprint density at radius 3 is 2.69 bits per heavy atom. The van der Waals surface area contributed by atoms with Crippen LogP contribution < -0.4 is 0 Å². The molecule has 0 aliphatic heterocycles. The lowest BCUT2D eigenvalue weighted by Gasteiger charge is -1.99. The molecule has 1 N–H and O–H groups in total. The Kier molecular flexibility index (Phi) is 6.84. The fourth-order valence-corrected chi connectivity index (χ4v) is 0.933. The van der Waals surface area contributed by atoms with Gasteiger partial charge in [-0.25, -0.2) is 4.79 Å². The van der Waals surface area contributed by atoms with Crippen LogP contribution in [0.2, 0.25) is 0 Å². The van der Waals surface area contributed by atoms with Crippen LogP contribution in [0, 0.1) is 0 Å². The second-order valence-electron chi connectivity index (χ2n) is 3.64. The van der Waals surface area contributed by atoms with Crippen molar-refractivity contribution in [2.24, 2.45) is 4.99 Å². The molecule has 0 aromatic rings. The molecule has 0 saturated carbocycles. The van der Waals surface area contributed by atoms with Crippen LogP contribution in [-0.2, 0) is 4.79 Å². The van der Waals surface area contributed by atoms with Gasteiger partial charge in [-0.05, 0) is 32.3 Å². The summed E-state index contributed by atoms with van der Waals surface area (Å²) >= 11 is 0. The van der Waals surface area contributed by atoms with Crippen molar-refractivity contribution >= 4 is 12.2 Å². The van der Waals surface area contributed by atoms with Crippen LogP contribution in [0.25, 0.3) is 0 Å². The molecule has 0 aliphatic rings. The zero-order chi connectivity index (χ0) is 12.6. The van der Waals surface area contributed by atoms with Gasteiger partial charge in [-0.3, -0.25) is 4.99 Å². The standard InChI is InChI=1S/C13H19NO2/c1-5-10(2)7-6-8-11(3)9-14-12(4)13(15)16/h5,8-9,12H,1-2,6-7H2,3-4H3,(H,15,16)/b11-8+,14-9+/t12-/m0/s1. The van der Waals surface area contributed by atoms with Gasteiger partial charge in [0.15, 0.2) is 0 Å². The van der Waals surface area contributed by atoms with Crippen LogP contribution in [0.15, 0.2) is 41.4 Å². The summed E-state index contributed by atoms with van der Waals surface area (Å²) in [5.41, 5.74) is 1.96. The normalized spacial score (nSPS) is 13.8. The average Bonchev–Trinajstić information content (AvgIpc) is 2.25. The van der Waals surface area contributed by atoms with Crippen molar-refractivity contribution in [3.05, 3.63) is 36.5 Å². The number of rotatable bonds is 7. The fraction of sp³-hybridized carbons (Fsp3) is 0.385. The second-order valence-corrected chi connectivity index (χ2v) is 3.64. The fourth-order valence-electron chi connectivity index (χ4n) is 0.933. The van der Waals surface area contributed by atoms with E-state index in [1.165, 1.54) is 0 Å². The topological polar surface area (TPSA) is 49.7 Å². The molecule has 0 bridgehead atoms. The number of carboxylic acids is 1. The maximum absolute atomic E-state index is 10.5. The molecule has 0 fully saturated rings. The first-order valence-corrected chi connectivity index (χ1v) is 5.20. The van der Waals surface area contributed by atoms with Gasteiger partial charge in [-0.1, -0.05) is 30.9 Å². The maximum atomic E-state index is 10.5. The van der Waals surface area contributed by atoms with Crippen molar-refractivity contribution in [2.45, 2.75) is 32.7 Å². The van der Waals surface area contributed by atoms with E-state index >= 15 is 0 Å². The molecule has 0 unspecified atom stereocenters. The van der Waals surface area contributed by atoms with E-state index in [-0.39, 0.29) is 0 Å². The van der Waals surface area contributed by atoms with Gasteiger partial charge < -0.3 is 5.11 Å². The summed E-state index contributed by atoms with van der Waals surface area (Å²) in [5.74, 6) is -0.913. The number of hydrogen-bond donors (Lipinski definition) is 1. The molecule has 1 atom stereocenters. The molecular formula is C13H19NO2. The monoisotopic (exact) mass is 221 g/mol. The number of nitrogens with zero attached hydrogens (tertiary/aromatic N) is 1. The van der Waals surface area contributed by atoms with Gasteiger partial charge in [-0.2, -0.15) is 0 Å². The first kappa shape index (κ1) is 14.4. The molecule has 0 saturated heterocycles. The van der Waals surface area contributed by atoms with Gasteiger partial charge in [0.1, 0.15) is 6.04 Å². The molecular weight excluding hydrogens is 202 g/mol. The molecule has 0 rings (SSSR count). The minimum Gasteiger partial charge on any atom is -0.480 e. The lowest BCUT2D eigenvalue weighted by atomic mass is 10.1. The first-order valence-electron chi connectivity index (χ1n) is 5.20. The van der Waals surface area contributed by atoms with Crippen molar-refractivity contribution in [2.75, 3.05) is 0 Å². The molecule has 0 aliphatic carbocycles. The molecule has 0 aromatic carbocycles. The van der Waals surface area contributed by atoms with Crippen LogP contribution in [0.5, 0.6) is 0 Å². The number of carboxylic acid groups (broad SMARTS) is 1. The summed E-state index contributed by atoms with van der Waals surface area (Å²) < 4.78 is 0. The summed E-state index contributed by atoms with van der Waals surface area (Å²) in [6.07, 6.45) is 7.07. The van der Waals surface area contributed by atoms with Crippen LogP contribution >= 0.6 is 0 Å². The number of carbonyl (C=O) groups is 1. The van der Waals surface area contributed by atoms with Crippen LogP contribution in [0.3, 0.4) is 0 Å². The summed E-state index contributed by atoms with van der Waals surface area (Å²) in [6, 6.07) is -0.688. The summed E-state index contributed by atoms with van der Waals surface area (Å²) in [6.45, 7) is 10.9. The van der Waals surface area contributed by atoms with Crippen LogP contribution in [-0.4, -0.2) is 23.3 Å². The molecule has 0 spiro atoms. The SMILES string of the molecule is C=CC(=C)CC/C=C(C)/C=N/[C@@H](C)C(=O)O. The van der Waals surface area contributed by atoms with E-state index in [1.54, 1.807) is 19.2 Å². The Bertz CT molecular complexity index is 327. The quantitative estimate of drug-likeness (QED) is 0.530. The third kappa shape index (κ3) is 6.76. The Labute approximate surface area is 96.9 Å². The Balaban J connectivity index is 4.09. The molecule has 0 aromatic heterocycles. The lowest BCUT2D eigenvalue weighted by molar-refractivity contribution is -0.137. The molecule has 3 nitrogen and oxygen atoms in total. The van der Waals surface area contributed by atoms with Crippen molar-refractivity contribution in [1.82, 2.24) is 0 Å². The first-order chi connectivity index (χ1) is 7.47. The molecule has 16 heavy (non-hydrogen) atoms. The predicted octanol–water partition coefficient (Wildman–Crippen LogP) is 3.00. The summed E-state index contributed by atoms with van der Waals surface area (Å²) in [4.78, 5) is 14.4. The molecule has 0 amide bonds. The van der Waals surface area contributed by atoms with Crippen molar-refractivity contribution in [1.29, 1.82) is 0 Å². The highest BCUT2D eigenvalue weighted by Crippen LogP contribution is 2.05. The van der Waals surface area contributed by atoms with Gasteiger partial charge in [0.2, 0.25) is 0 Å². The maximum Gasteiger partial charge on any atom is 0.328 e. The third-order valence-corrected chi connectivity index (χ3v) is 2.08. The van der Waals surface area contributed by atoms with Crippen LogP contribution in [0.4, 0.5) is 0 Å². The highest BCUT2D eigenvalue weighted by molar-refractivity contribution is 5.81. The predicted molar refractivity (Wildman–Crippen MR) is 67.9 cm³/mol. The number of allylic oxidation sites excluding steroid dienone is 4. The lowest BCUT2D eigenvalue weighted by Crippen LogP contribution is -2.13. The van der Waals surface area contributed by atoms with Crippen molar-refractivity contribution in [3.8, 4) is 0 Å². The summed E-state index contributed by atoms with van der Waals surface area (Å²) in [5, 5.41) is 8.62. The zero-order valence-electron chi connectivity index (χ0n) is 9.94. The number of aliphatic imine (C=N–C) groups is 1. The van der Waals surface area contributed by atoms with Crippen LogP contribution in [0.1, 0.15) is 26.7 Å². The molecule has 0 heterocycles. The van der Waals surface area contributed by atoms with Crippen molar-refractivity contribution < 1.29 is 9.90 Å². The summed E-state index contributed by atoms with van der Waals surface area (Å²) in [7, 11) is 0. The van der Waals surface area contributed by atoms with E-state index in [9.17, 15) is 4.79 Å². The van der Waals surface area contributed by atoms with Crippen molar-refractivity contribution in [3.63, 3.8) is 0 Å². The third-order valence-electron chi connectivity index (χ3n) is 2.08. The number of hydrogen-bond acceptors (Lipinski definition) is 2. The van der Waals surface area contributed by atoms with E-state index in [2.05, 4.69) is 18.2 Å². The highest BCUT2D eigenvalue weighted by atomic mass is 16.4. The molecule has 0 radical (unpaired) electrons. The van der Waals surface area contributed by atoms with E-state index in [4.69, 9.17) is 5.11 Å². The van der Waals surface area contributed by atoms with E-state index in [1.807, 2.05) is 13.0 Å². The van der Waals surface area contributed by atoms with Gasteiger partial charge in [-0.15, -0.1) is 0 Å². The number of aliphatic carboxylic acids is 1. The van der Waals surface area contributed by atoms with Gasteiger partial charge in [0.05, 0.1) is 0 Å². The largest absolute Gasteiger partial charge is 0.480 e. The minimum absolute atomic E-state index is 0.688. The van der Waals surface area contributed by atoms with Gasteiger partial charge >= 0.3 is 5.97 Å². The Hall–Kier alpha value is -1.64. The van der Waals surface area contributed by atoms with E-state index < -0.39 is 12.0 Å². The van der Waals surface area contributed by atoms with Gasteiger partial charge in [0.25, 0.3) is 0 Å². The Morgan fingerprint density at radius 2 is 2.19 bits per heavy atom. The average molecular weight is 221 g/mol. The molecule has 88 valence electrons. The zero-order valence-corrected chi connectivity index (χ0v) is 9.94. The Morgan fingerprint density at radius 1 is 1.56 bits per heavy atom. The minimum atomic E-state index is -0.913. The van der Waals surface area contributed by atoms with Gasteiger partial charge in [0, 0.05) is 6.21 Å². The van der Waals surface area contributed by atoms with E-state index in [0.717, 1.165) is 24.0 Å².